The lowest BCUT2D eigenvalue weighted by molar-refractivity contribution is -0.247. The van der Waals surface area contributed by atoms with Gasteiger partial charge in [0.25, 0.3) is 10.1 Å². The van der Waals surface area contributed by atoms with Gasteiger partial charge >= 0.3 is 0 Å². The molecule has 2 aromatic rings. The molecule has 1 aliphatic rings. The molecule has 7 nitrogen and oxygen atoms in total. The van der Waals surface area contributed by atoms with Gasteiger partial charge in [-0.1, -0.05) is 48.0 Å². The number of aryl methyl sites for hydroxylation is 1. The number of benzene rings is 2. The van der Waals surface area contributed by atoms with Crippen molar-refractivity contribution in [1.29, 1.82) is 0 Å². The second kappa shape index (κ2) is 9.13. The zero-order valence-corrected chi connectivity index (χ0v) is 16.3. The molecule has 0 saturated carbocycles. The minimum Gasteiger partial charge on any atom is -0.388 e. The van der Waals surface area contributed by atoms with E-state index in [2.05, 4.69) is 0 Å². The number of hydrogen-bond acceptors (Lipinski definition) is 7. The Labute approximate surface area is 164 Å². The van der Waals surface area contributed by atoms with Gasteiger partial charge in [-0.15, -0.1) is 0 Å². The normalized spacial score (nSPS) is 25.5. The first-order chi connectivity index (χ1) is 13.3. The highest BCUT2D eigenvalue weighted by Gasteiger charge is 2.38. The number of aliphatic hydroxyl groups excluding tert-OH is 2. The van der Waals surface area contributed by atoms with Crippen LogP contribution >= 0.6 is 0 Å². The first-order valence-electron chi connectivity index (χ1n) is 8.98. The lowest BCUT2D eigenvalue weighted by Crippen LogP contribution is -2.51. The molecule has 1 fully saturated rings. The van der Waals surface area contributed by atoms with Gasteiger partial charge in [0.15, 0.2) is 6.29 Å². The Morgan fingerprint density at radius 3 is 2.43 bits per heavy atom. The standard InChI is InChI=1S/C20H24O7S/c1-14-7-9-16(10-8-14)28(23,24)26-13-18-20(22)17(11-19(21)27-18)25-12-15-5-3-2-4-6-15/h2-10,17-22H,11-13H2,1H3/t17-,18-,19?,20+/m1/s1. The summed E-state index contributed by atoms with van der Waals surface area (Å²) in [6.45, 7) is 1.67. The Balaban J connectivity index is 1.60. The molecule has 0 bridgehead atoms. The Bertz CT molecular complexity index is 852. The maximum atomic E-state index is 12.3. The van der Waals surface area contributed by atoms with Crippen molar-refractivity contribution in [2.45, 2.75) is 49.4 Å². The number of ether oxygens (including phenoxy) is 2. The Kier molecular flexibility index (Phi) is 6.82. The zero-order valence-electron chi connectivity index (χ0n) is 15.5. The SMILES string of the molecule is Cc1ccc(S(=O)(=O)OC[C@H]2OC(O)C[C@@H](OCc3ccccc3)[C@@H]2O)cc1. The molecule has 0 spiro atoms. The highest BCUT2D eigenvalue weighted by molar-refractivity contribution is 7.86. The summed E-state index contributed by atoms with van der Waals surface area (Å²) in [5, 5.41) is 20.4. The van der Waals surface area contributed by atoms with Crippen LogP contribution in [0.3, 0.4) is 0 Å². The van der Waals surface area contributed by atoms with E-state index in [-0.39, 0.29) is 17.9 Å². The second-order valence-electron chi connectivity index (χ2n) is 6.74. The van der Waals surface area contributed by atoms with Gasteiger partial charge in [-0.3, -0.25) is 4.18 Å². The quantitative estimate of drug-likeness (QED) is 0.673. The third-order valence-corrected chi connectivity index (χ3v) is 5.83. The molecule has 1 aliphatic heterocycles. The maximum absolute atomic E-state index is 12.3. The van der Waals surface area contributed by atoms with E-state index in [1.165, 1.54) is 12.1 Å². The Morgan fingerprint density at radius 2 is 1.75 bits per heavy atom. The summed E-state index contributed by atoms with van der Waals surface area (Å²) in [5.41, 5.74) is 1.84. The fraction of sp³-hybridized carbons (Fsp3) is 0.400. The molecule has 8 heteroatoms. The fourth-order valence-corrected chi connectivity index (χ4v) is 3.85. The van der Waals surface area contributed by atoms with Crippen LogP contribution in [0, 0.1) is 6.92 Å². The molecular weight excluding hydrogens is 384 g/mol. The second-order valence-corrected chi connectivity index (χ2v) is 8.36. The van der Waals surface area contributed by atoms with Gasteiger partial charge in [-0.2, -0.15) is 8.42 Å². The summed E-state index contributed by atoms with van der Waals surface area (Å²) in [6, 6.07) is 15.6. The van der Waals surface area contributed by atoms with Crippen LogP contribution < -0.4 is 0 Å². The monoisotopic (exact) mass is 408 g/mol. The number of rotatable bonds is 7. The molecular formula is C20H24O7S. The van der Waals surface area contributed by atoms with Crippen molar-refractivity contribution < 1.29 is 32.3 Å². The van der Waals surface area contributed by atoms with E-state index in [1.54, 1.807) is 12.1 Å². The molecule has 0 aromatic heterocycles. The number of hydrogen-bond donors (Lipinski definition) is 2. The van der Waals surface area contributed by atoms with Gasteiger partial charge in [0.1, 0.15) is 12.2 Å². The summed E-state index contributed by atoms with van der Waals surface area (Å²) in [5.74, 6) is 0. The average molecular weight is 408 g/mol. The molecule has 1 unspecified atom stereocenters. The molecule has 2 aromatic carbocycles. The lowest BCUT2D eigenvalue weighted by atomic mass is 10.0. The summed E-state index contributed by atoms with van der Waals surface area (Å²) in [7, 11) is -4.00. The van der Waals surface area contributed by atoms with Crippen molar-refractivity contribution in [2.75, 3.05) is 6.61 Å². The van der Waals surface area contributed by atoms with Crippen molar-refractivity contribution in [3.63, 3.8) is 0 Å². The highest BCUT2D eigenvalue weighted by Crippen LogP contribution is 2.24. The van der Waals surface area contributed by atoms with E-state index in [0.29, 0.717) is 0 Å². The lowest BCUT2D eigenvalue weighted by Gasteiger charge is -2.37. The van der Waals surface area contributed by atoms with Gasteiger partial charge in [0.2, 0.25) is 0 Å². The van der Waals surface area contributed by atoms with Gasteiger partial charge in [0.05, 0.1) is 24.2 Å². The van der Waals surface area contributed by atoms with Crippen molar-refractivity contribution in [1.82, 2.24) is 0 Å². The Morgan fingerprint density at radius 1 is 1.07 bits per heavy atom. The molecule has 152 valence electrons. The van der Waals surface area contributed by atoms with E-state index in [0.717, 1.165) is 11.1 Å². The van der Waals surface area contributed by atoms with Crippen LogP contribution in [0.2, 0.25) is 0 Å². The third-order valence-electron chi connectivity index (χ3n) is 4.53. The summed E-state index contributed by atoms with van der Waals surface area (Å²) >= 11 is 0. The van der Waals surface area contributed by atoms with Crippen LogP contribution in [-0.2, 0) is 30.4 Å². The van der Waals surface area contributed by atoms with E-state index in [4.69, 9.17) is 13.7 Å². The summed E-state index contributed by atoms with van der Waals surface area (Å²) < 4.78 is 40.7. The van der Waals surface area contributed by atoms with E-state index >= 15 is 0 Å². The van der Waals surface area contributed by atoms with Crippen LogP contribution in [0.1, 0.15) is 17.5 Å². The minimum atomic E-state index is -4.00. The molecule has 1 heterocycles. The van der Waals surface area contributed by atoms with E-state index < -0.39 is 41.3 Å². The molecule has 0 amide bonds. The fourth-order valence-electron chi connectivity index (χ4n) is 2.93. The Hall–Kier alpha value is -1.81. The first-order valence-corrected chi connectivity index (χ1v) is 10.4. The first kappa shape index (κ1) is 20.9. The molecule has 4 atom stereocenters. The number of aliphatic hydroxyl groups is 2. The minimum absolute atomic E-state index is 0.0147. The van der Waals surface area contributed by atoms with Crippen molar-refractivity contribution in [3.05, 3.63) is 65.7 Å². The molecule has 1 saturated heterocycles. The predicted octanol–water partition coefficient (Wildman–Crippen LogP) is 1.75. The molecule has 3 rings (SSSR count). The van der Waals surface area contributed by atoms with E-state index in [1.807, 2.05) is 37.3 Å². The molecule has 28 heavy (non-hydrogen) atoms. The molecule has 0 radical (unpaired) electrons. The smallest absolute Gasteiger partial charge is 0.297 e. The maximum Gasteiger partial charge on any atom is 0.297 e. The van der Waals surface area contributed by atoms with Gasteiger partial charge < -0.3 is 19.7 Å². The van der Waals surface area contributed by atoms with Crippen molar-refractivity contribution in [3.8, 4) is 0 Å². The molecule has 2 N–H and O–H groups in total. The molecule has 0 aliphatic carbocycles. The predicted molar refractivity (Wildman–Crippen MR) is 101 cm³/mol. The van der Waals surface area contributed by atoms with Crippen LogP contribution in [-0.4, -0.2) is 49.8 Å². The topological polar surface area (TPSA) is 102 Å². The van der Waals surface area contributed by atoms with Gasteiger partial charge in [-0.05, 0) is 24.6 Å². The third kappa shape index (κ3) is 5.38. The average Bonchev–Trinajstić information content (AvgIpc) is 2.68. The largest absolute Gasteiger partial charge is 0.388 e. The van der Waals surface area contributed by atoms with Gasteiger partial charge in [-0.25, -0.2) is 0 Å². The van der Waals surface area contributed by atoms with Crippen LogP contribution in [0.15, 0.2) is 59.5 Å². The van der Waals surface area contributed by atoms with Crippen LogP contribution in [0.4, 0.5) is 0 Å². The van der Waals surface area contributed by atoms with Crippen LogP contribution in [0.25, 0.3) is 0 Å². The van der Waals surface area contributed by atoms with Crippen LogP contribution in [0.5, 0.6) is 0 Å². The highest BCUT2D eigenvalue weighted by atomic mass is 32.2. The van der Waals surface area contributed by atoms with Crippen molar-refractivity contribution in [2.24, 2.45) is 0 Å². The van der Waals surface area contributed by atoms with E-state index in [9.17, 15) is 18.6 Å². The summed E-state index contributed by atoms with van der Waals surface area (Å²) in [4.78, 5) is 0.0147. The van der Waals surface area contributed by atoms with Crippen molar-refractivity contribution >= 4 is 10.1 Å². The van der Waals surface area contributed by atoms with Gasteiger partial charge in [0, 0.05) is 6.42 Å². The zero-order chi connectivity index (χ0) is 20.1. The summed E-state index contributed by atoms with van der Waals surface area (Å²) in [6.07, 6.45) is -3.99.